The van der Waals surface area contributed by atoms with Gasteiger partial charge in [-0.15, -0.1) is 0 Å². The van der Waals surface area contributed by atoms with Gasteiger partial charge in [-0.25, -0.2) is 0 Å². The van der Waals surface area contributed by atoms with Gasteiger partial charge < -0.3 is 14.4 Å². The lowest BCUT2D eigenvalue weighted by molar-refractivity contribution is -0.150. The SMILES string of the molecule is CC(=O)N1CCOC[C@@]2(CN(CC3CC3)CCO2)C1. The molecule has 0 unspecified atom stereocenters. The van der Waals surface area contributed by atoms with Crippen molar-refractivity contribution < 1.29 is 14.3 Å². The minimum absolute atomic E-state index is 0.118. The van der Waals surface area contributed by atoms with Crippen LogP contribution in [0.1, 0.15) is 19.8 Å². The van der Waals surface area contributed by atoms with Crippen LogP contribution in [0.5, 0.6) is 0 Å². The largest absolute Gasteiger partial charge is 0.376 e. The Morgan fingerprint density at radius 2 is 2.11 bits per heavy atom. The minimum Gasteiger partial charge on any atom is -0.376 e. The van der Waals surface area contributed by atoms with Crippen LogP contribution in [-0.2, 0) is 14.3 Å². The fourth-order valence-corrected chi connectivity index (χ4v) is 3.10. The molecule has 2 heterocycles. The molecule has 0 bridgehead atoms. The van der Waals surface area contributed by atoms with Crippen LogP contribution in [0.25, 0.3) is 0 Å². The second-order valence-corrected chi connectivity index (χ2v) is 6.20. The lowest BCUT2D eigenvalue weighted by Gasteiger charge is -2.43. The van der Waals surface area contributed by atoms with Crippen molar-refractivity contribution in [3.63, 3.8) is 0 Å². The van der Waals surface area contributed by atoms with Gasteiger partial charge in [0.05, 0.1) is 26.4 Å². The highest BCUT2D eigenvalue weighted by Gasteiger charge is 2.41. The zero-order chi connectivity index (χ0) is 13.3. The van der Waals surface area contributed by atoms with E-state index in [4.69, 9.17) is 9.47 Å². The van der Waals surface area contributed by atoms with Crippen molar-refractivity contribution in [1.29, 1.82) is 0 Å². The summed E-state index contributed by atoms with van der Waals surface area (Å²) in [6.45, 7) is 8.06. The van der Waals surface area contributed by atoms with Gasteiger partial charge in [-0.05, 0) is 18.8 Å². The van der Waals surface area contributed by atoms with Crippen molar-refractivity contribution in [2.24, 2.45) is 5.92 Å². The molecular weight excluding hydrogens is 244 g/mol. The molecule has 5 nitrogen and oxygen atoms in total. The van der Waals surface area contributed by atoms with E-state index >= 15 is 0 Å². The first kappa shape index (κ1) is 13.3. The molecule has 108 valence electrons. The standard InChI is InChI=1S/C14H24N2O3/c1-12(17)16-5-6-18-11-14(10-16)9-15(4-7-19-14)8-13-2-3-13/h13H,2-11H2,1H3/t14-/m1/s1. The Morgan fingerprint density at radius 3 is 2.84 bits per heavy atom. The van der Waals surface area contributed by atoms with Crippen molar-refractivity contribution in [2.45, 2.75) is 25.4 Å². The van der Waals surface area contributed by atoms with E-state index in [1.807, 2.05) is 4.90 Å². The first-order chi connectivity index (χ1) is 9.17. The van der Waals surface area contributed by atoms with Crippen LogP contribution in [-0.4, -0.2) is 73.9 Å². The second-order valence-electron chi connectivity index (χ2n) is 6.20. The molecule has 3 fully saturated rings. The number of rotatable bonds is 2. The lowest BCUT2D eigenvalue weighted by Crippen LogP contribution is -2.59. The van der Waals surface area contributed by atoms with Crippen molar-refractivity contribution in [3.05, 3.63) is 0 Å². The van der Waals surface area contributed by atoms with E-state index in [2.05, 4.69) is 4.90 Å². The van der Waals surface area contributed by atoms with Gasteiger partial charge in [0.15, 0.2) is 0 Å². The molecule has 2 saturated heterocycles. The fraction of sp³-hybridized carbons (Fsp3) is 0.929. The third-order valence-corrected chi connectivity index (χ3v) is 4.34. The van der Waals surface area contributed by atoms with E-state index in [0.29, 0.717) is 26.3 Å². The molecule has 1 amide bonds. The van der Waals surface area contributed by atoms with Gasteiger partial charge in [-0.3, -0.25) is 9.69 Å². The van der Waals surface area contributed by atoms with Crippen molar-refractivity contribution in [3.8, 4) is 0 Å². The first-order valence-electron chi connectivity index (χ1n) is 7.36. The summed E-state index contributed by atoms with van der Waals surface area (Å²) in [5.74, 6) is 1.01. The Hall–Kier alpha value is -0.650. The molecule has 5 heteroatoms. The monoisotopic (exact) mass is 268 g/mol. The predicted molar refractivity (Wildman–Crippen MR) is 70.9 cm³/mol. The van der Waals surface area contributed by atoms with Crippen LogP contribution in [0.2, 0.25) is 0 Å². The average Bonchev–Trinajstić information content (AvgIpc) is 3.18. The Labute approximate surface area is 114 Å². The average molecular weight is 268 g/mol. The molecule has 0 aromatic heterocycles. The first-order valence-corrected chi connectivity index (χ1v) is 7.36. The highest BCUT2D eigenvalue weighted by atomic mass is 16.5. The molecule has 0 aromatic rings. The van der Waals surface area contributed by atoms with Crippen molar-refractivity contribution in [2.75, 3.05) is 52.5 Å². The van der Waals surface area contributed by atoms with Crippen LogP contribution < -0.4 is 0 Å². The van der Waals surface area contributed by atoms with Crippen LogP contribution in [0.4, 0.5) is 0 Å². The molecule has 0 N–H and O–H groups in total. The van der Waals surface area contributed by atoms with Crippen LogP contribution in [0.15, 0.2) is 0 Å². The minimum atomic E-state index is -0.310. The van der Waals surface area contributed by atoms with Crippen LogP contribution in [0, 0.1) is 5.92 Å². The molecule has 3 aliphatic rings. The number of carbonyl (C=O) groups excluding carboxylic acids is 1. The molecule has 1 spiro atoms. The number of nitrogens with zero attached hydrogens (tertiary/aromatic N) is 2. The van der Waals surface area contributed by atoms with Crippen molar-refractivity contribution in [1.82, 2.24) is 9.80 Å². The number of ether oxygens (including phenoxy) is 2. The number of hydrogen-bond donors (Lipinski definition) is 0. The highest BCUT2D eigenvalue weighted by Crippen LogP contribution is 2.31. The normalized spacial score (nSPS) is 33.4. The van der Waals surface area contributed by atoms with E-state index < -0.39 is 0 Å². The Bertz CT molecular complexity index is 346. The summed E-state index contributed by atoms with van der Waals surface area (Å²) in [6.07, 6.45) is 2.75. The maximum Gasteiger partial charge on any atom is 0.219 e. The number of hydrogen-bond acceptors (Lipinski definition) is 4. The van der Waals surface area contributed by atoms with Gasteiger partial charge in [0, 0.05) is 33.1 Å². The third kappa shape index (κ3) is 3.27. The Balaban J connectivity index is 1.66. The Kier molecular flexibility index (Phi) is 3.78. The summed E-state index contributed by atoms with van der Waals surface area (Å²) < 4.78 is 11.7. The van der Waals surface area contributed by atoms with Gasteiger partial charge in [0.1, 0.15) is 5.60 Å². The third-order valence-electron chi connectivity index (χ3n) is 4.34. The molecule has 19 heavy (non-hydrogen) atoms. The summed E-state index contributed by atoms with van der Waals surface area (Å²) in [5, 5.41) is 0. The van der Waals surface area contributed by atoms with Gasteiger partial charge in [-0.1, -0.05) is 0 Å². The molecule has 3 rings (SSSR count). The van der Waals surface area contributed by atoms with E-state index in [9.17, 15) is 4.79 Å². The van der Waals surface area contributed by atoms with Gasteiger partial charge in [0.25, 0.3) is 0 Å². The summed E-state index contributed by atoms with van der Waals surface area (Å²) >= 11 is 0. The van der Waals surface area contributed by atoms with Gasteiger partial charge >= 0.3 is 0 Å². The maximum atomic E-state index is 11.6. The molecule has 0 aromatic carbocycles. The molecule has 1 aliphatic carbocycles. The summed E-state index contributed by atoms with van der Waals surface area (Å²) in [5.41, 5.74) is -0.310. The zero-order valence-corrected chi connectivity index (χ0v) is 11.8. The van der Waals surface area contributed by atoms with Crippen molar-refractivity contribution >= 4 is 5.91 Å². The fourth-order valence-electron chi connectivity index (χ4n) is 3.10. The second kappa shape index (κ2) is 5.38. The number of morpholine rings is 1. The van der Waals surface area contributed by atoms with Gasteiger partial charge in [-0.2, -0.15) is 0 Å². The van der Waals surface area contributed by atoms with E-state index in [-0.39, 0.29) is 11.5 Å². The van der Waals surface area contributed by atoms with Gasteiger partial charge in [0.2, 0.25) is 5.91 Å². The van der Waals surface area contributed by atoms with E-state index in [0.717, 1.165) is 25.6 Å². The Morgan fingerprint density at radius 1 is 1.26 bits per heavy atom. The highest BCUT2D eigenvalue weighted by molar-refractivity contribution is 5.73. The summed E-state index contributed by atoms with van der Waals surface area (Å²) in [7, 11) is 0. The molecular formula is C14H24N2O3. The molecule has 1 saturated carbocycles. The molecule has 0 radical (unpaired) electrons. The van der Waals surface area contributed by atoms with Crippen LogP contribution in [0.3, 0.4) is 0 Å². The summed E-state index contributed by atoms with van der Waals surface area (Å²) in [6, 6.07) is 0. The molecule has 2 aliphatic heterocycles. The van der Waals surface area contributed by atoms with Crippen LogP contribution >= 0.6 is 0 Å². The van der Waals surface area contributed by atoms with E-state index in [1.165, 1.54) is 19.4 Å². The predicted octanol–water partition coefficient (Wildman–Crippen LogP) is 0.346. The summed E-state index contributed by atoms with van der Waals surface area (Å²) in [4.78, 5) is 16.0. The maximum absolute atomic E-state index is 11.6. The smallest absolute Gasteiger partial charge is 0.219 e. The lowest BCUT2D eigenvalue weighted by atomic mass is 10.0. The molecule has 1 atom stereocenters. The van der Waals surface area contributed by atoms with E-state index in [1.54, 1.807) is 6.92 Å². The quantitative estimate of drug-likeness (QED) is 0.724. The topological polar surface area (TPSA) is 42.0 Å². The number of carbonyl (C=O) groups is 1. The number of amides is 1. The zero-order valence-electron chi connectivity index (χ0n) is 11.8.